The molecule has 1 saturated heterocycles. The molecule has 1 heterocycles. The maximum Gasteiger partial charge on any atom is 0.341 e. The molecule has 38 heavy (non-hydrogen) atoms. The molecule has 1 aliphatic carbocycles. The molecule has 2 N–H and O–H groups in total. The zero-order chi connectivity index (χ0) is 27.1. The highest BCUT2D eigenvalue weighted by Gasteiger charge is 2.36. The van der Waals surface area contributed by atoms with Gasteiger partial charge >= 0.3 is 13.4 Å². The fourth-order valence-corrected chi connectivity index (χ4v) is 7.10. The van der Waals surface area contributed by atoms with Crippen molar-refractivity contribution in [3.05, 3.63) is 63.2 Å². The van der Waals surface area contributed by atoms with Gasteiger partial charge in [-0.1, -0.05) is 37.9 Å². The van der Waals surface area contributed by atoms with Crippen molar-refractivity contribution in [2.75, 3.05) is 50.1 Å². The van der Waals surface area contributed by atoms with Gasteiger partial charge in [0, 0.05) is 54.0 Å². The molecule has 0 spiro atoms. The molecule has 1 amide bonds. The van der Waals surface area contributed by atoms with Gasteiger partial charge in [0.15, 0.2) is 0 Å². The lowest BCUT2D eigenvalue weighted by molar-refractivity contribution is -0.385. The van der Waals surface area contributed by atoms with E-state index in [0.29, 0.717) is 85.3 Å². The van der Waals surface area contributed by atoms with Crippen LogP contribution < -0.4 is 14.9 Å². The minimum atomic E-state index is -3.39. The third-order valence-corrected chi connectivity index (χ3v) is 8.80. The summed E-state index contributed by atoms with van der Waals surface area (Å²) in [6, 6.07) is 9.63. The van der Waals surface area contributed by atoms with Gasteiger partial charge in [0.05, 0.1) is 24.2 Å². The number of carbonyl (C=O) groups excluding carboxylic acids is 1. The fourth-order valence-electron chi connectivity index (χ4n) is 4.44. The van der Waals surface area contributed by atoms with Crippen molar-refractivity contribution < 1.29 is 28.3 Å². The lowest BCUT2D eigenvalue weighted by Gasteiger charge is -2.27. The lowest BCUT2D eigenvalue weighted by atomic mass is 10.1. The van der Waals surface area contributed by atoms with E-state index in [2.05, 4.69) is 42.0 Å². The van der Waals surface area contributed by atoms with Crippen molar-refractivity contribution in [2.24, 2.45) is 0 Å². The predicted octanol–water partition coefficient (Wildman–Crippen LogP) is 4.94. The molecule has 206 valence electrons. The van der Waals surface area contributed by atoms with E-state index in [9.17, 15) is 19.5 Å². The Morgan fingerprint density at radius 1 is 1.16 bits per heavy atom. The van der Waals surface area contributed by atoms with Crippen LogP contribution in [-0.4, -0.2) is 65.8 Å². The molecule has 4 rings (SSSR count). The first-order valence-corrected chi connectivity index (χ1v) is 16.1. The third-order valence-electron chi connectivity index (χ3n) is 6.18. The van der Waals surface area contributed by atoms with Crippen LogP contribution in [0.3, 0.4) is 0 Å². The van der Waals surface area contributed by atoms with E-state index in [0.717, 1.165) is 0 Å². The molecule has 1 fully saturated rings. The summed E-state index contributed by atoms with van der Waals surface area (Å²) in [5.41, 5.74) is 1.55. The predicted molar refractivity (Wildman–Crippen MR) is 150 cm³/mol. The number of alkyl halides is 2. The van der Waals surface area contributed by atoms with Gasteiger partial charge in [-0.15, -0.1) is 0 Å². The van der Waals surface area contributed by atoms with Crippen LogP contribution in [0.1, 0.15) is 34.0 Å². The standard InChI is InChI=1S/C24H29Br2N4O7P/c25-8-10-27-38(34,28-11-9-26)37-22-7-5-20-19(22)4-6-21(30(32)33)23(20)36-18-3-1-2-17(16-18)24(31)29-12-14-35-15-13-29/h1-4,6,16,22H,5,7-15H2,(H2,27,28,34). The molecule has 1 unspecified atom stereocenters. The Kier molecular flexibility index (Phi) is 10.3. The van der Waals surface area contributed by atoms with Crippen LogP contribution in [0.2, 0.25) is 0 Å². The Labute approximate surface area is 237 Å². The highest BCUT2D eigenvalue weighted by Crippen LogP contribution is 2.51. The highest BCUT2D eigenvalue weighted by molar-refractivity contribution is 9.09. The summed E-state index contributed by atoms with van der Waals surface area (Å²) in [5, 5.41) is 18.9. The van der Waals surface area contributed by atoms with Gasteiger partial charge < -0.3 is 14.4 Å². The van der Waals surface area contributed by atoms with Crippen molar-refractivity contribution >= 4 is 51.1 Å². The number of rotatable bonds is 12. The number of hydrogen-bond acceptors (Lipinski definition) is 7. The quantitative estimate of drug-likeness (QED) is 0.139. The van der Waals surface area contributed by atoms with Gasteiger partial charge in [-0.2, -0.15) is 0 Å². The molecule has 2 aliphatic rings. The molecule has 2 aromatic carbocycles. The zero-order valence-electron chi connectivity index (χ0n) is 20.6. The number of benzene rings is 2. The number of nitrogens with zero attached hydrogens (tertiary/aromatic N) is 2. The zero-order valence-corrected chi connectivity index (χ0v) is 24.6. The van der Waals surface area contributed by atoms with Gasteiger partial charge in [-0.3, -0.25) is 24.0 Å². The van der Waals surface area contributed by atoms with Crippen molar-refractivity contribution in [3.63, 3.8) is 0 Å². The first-order chi connectivity index (χ1) is 18.3. The summed E-state index contributed by atoms with van der Waals surface area (Å²) in [7, 11) is -3.39. The van der Waals surface area contributed by atoms with Crippen LogP contribution in [0, 0.1) is 10.1 Å². The summed E-state index contributed by atoms with van der Waals surface area (Å²) in [6.07, 6.45) is 0.387. The van der Waals surface area contributed by atoms with Gasteiger partial charge in [0.1, 0.15) is 5.75 Å². The average Bonchev–Trinajstić information content (AvgIpc) is 3.33. The number of fused-ring (bicyclic) bond motifs is 1. The molecule has 0 radical (unpaired) electrons. The second-order valence-corrected chi connectivity index (χ2v) is 12.2. The maximum atomic E-state index is 13.4. The number of ether oxygens (including phenoxy) is 2. The molecular formula is C24H29Br2N4O7P. The Bertz CT molecular complexity index is 1200. The van der Waals surface area contributed by atoms with Crippen molar-refractivity contribution in [2.45, 2.75) is 18.9 Å². The Morgan fingerprint density at radius 3 is 2.53 bits per heavy atom. The molecule has 11 nitrogen and oxygen atoms in total. The van der Waals surface area contributed by atoms with E-state index in [4.69, 9.17) is 14.0 Å². The fraction of sp³-hybridized carbons (Fsp3) is 0.458. The van der Waals surface area contributed by atoms with Gasteiger partial charge in [0.25, 0.3) is 5.91 Å². The topological polar surface area (TPSA) is 132 Å². The van der Waals surface area contributed by atoms with Crippen LogP contribution in [0.15, 0.2) is 36.4 Å². The van der Waals surface area contributed by atoms with E-state index < -0.39 is 18.7 Å². The number of morpholine rings is 1. The number of hydrogen-bond donors (Lipinski definition) is 2. The van der Waals surface area contributed by atoms with Crippen LogP contribution in [0.4, 0.5) is 5.69 Å². The monoisotopic (exact) mass is 674 g/mol. The first-order valence-electron chi connectivity index (χ1n) is 12.2. The average molecular weight is 676 g/mol. The highest BCUT2D eigenvalue weighted by atomic mass is 79.9. The molecule has 0 aromatic heterocycles. The molecule has 1 atom stereocenters. The van der Waals surface area contributed by atoms with Crippen LogP contribution >= 0.6 is 39.5 Å². The molecule has 1 aliphatic heterocycles. The third kappa shape index (κ3) is 7.01. The maximum absolute atomic E-state index is 13.4. The summed E-state index contributed by atoms with van der Waals surface area (Å²) in [4.78, 5) is 26.0. The van der Waals surface area contributed by atoms with Crippen LogP contribution in [0.5, 0.6) is 11.5 Å². The second-order valence-electron chi connectivity index (χ2n) is 8.65. The minimum Gasteiger partial charge on any atom is -0.450 e. The van der Waals surface area contributed by atoms with Crippen molar-refractivity contribution in [1.29, 1.82) is 0 Å². The molecule has 2 aromatic rings. The largest absolute Gasteiger partial charge is 0.450 e. The van der Waals surface area contributed by atoms with Gasteiger partial charge in [-0.05, 0) is 42.7 Å². The summed E-state index contributed by atoms with van der Waals surface area (Å²) < 4.78 is 30.9. The summed E-state index contributed by atoms with van der Waals surface area (Å²) >= 11 is 6.64. The molecule has 14 heteroatoms. The van der Waals surface area contributed by atoms with E-state index in [1.54, 1.807) is 35.2 Å². The van der Waals surface area contributed by atoms with E-state index in [-0.39, 0.29) is 17.3 Å². The molecule has 0 saturated carbocycles. The Balaban J connectivity index is 1.60. The summed E-state index contributed by atoms with van der Waals surface area (Å²) in [5.74, 6) is 0.266. The molecule has 0 bridgehead atoms. The smallest absolute Gasteiger partial charge is 0.341 e. The number of nitrogens with one attached hydrogen (secondary N) is 2. The normalized spacial score (nSPS) is 17.3. The Morgan fingerprint density at radius 2 is 1.87 bits per heavy atom. The first kappa shape index (κ1) is 29.1. The molecular weight excluding hydrogens is 647 g/mol. The number of nitro benzene ring substituents is 1. The van der Waals surface area contributed by atoms with Gasteiger partial charge in [0.2, 0.25) is 5.75 Å². The van der Waals surface area contributed by atoms with Crippen molar-refractivity contribution in [1.82, 2.24) is 15.1 Å². The van der Waals surface area contributed by atoms with Crippen LogP contribution in [0.25, 0.3) is 0 Å². The Hall–Kier alpha value is -1.86. The minimum absolute atomic E-state index is 0.103. The number of nitro groups is 1. The SMILES string of the molecule is O=C(c1cccc(Oc2c([N+](=O)[O-])ccc3c2CCC3OP(=O)(NCCBr)NCCBr)c1)N1CCOCC1. The van der Waals surface area contributed by atoms with E-state index in [1.807, 2.05) is 0 Å². The van der Waals surface area contributed by atoms with Gasteiger partial charge in [-0.25, -0.2) is 10.2 Å². The van der Waals surface area contributed by atoms with Crippen molar-refractivity contribution in [3.8, 4) is 11.5 Å². The lowest BCUT2D eigenvalue weighted by Crippen LogP contribution is -2.40. The number of halogens is 2. The second kappa shape index (κ2) is 13.5. The summed E-state index contributed by atoms with van der Waals surface area (Å²) in [6.45, 7) is 2.83. The van der Waals surface area contributed by atoms with E-state index >= 15 is 0 Å². The number of amides is 1. The number of carbonyl (C=O) groups is 1. The van der Waals surface area contributed by atoms with E-state index in [1.165, 1.54) is 6.07 Å². The van der Waals surface area contributed by atoms with Crippen LogP contribution in [-0.2, 0) is 20.2 Å².